The first-order chi connectivity index (χ1) is 14.5. The number of methoxy groups -OCH3 is 1. The van der Waals surface area contributed by atoms with Gasteiger partial charge in [0.2, 0.25) is 0 Å². The second kappa shape index (κ2) is 7.79. The van der Waals surface area contributed by atoms with E-state index in [-0.39, 0.29) is 11.3 Å². The fourth-order valence-electron chi connectivity index (χ4n) is 3.22. The van der Waals surface area contributed by atoms with Crippen LogP contribution in [0.25, 0.3) is 5.57 Å². The number of carbonyl (C=O) groups excluding carboxylic acids is 2. The molecule has 0 fully saturated rings. The topological polar surface area (TPSA) is 58.6 Å². The van der Waals surface area contributed by atoms with Crippen molar-refractivity contribution < 1.29 is 23.1 Å². The molecule has 1 aliphatic heterocycles. The Morgan fingerprint density at radius 1 is 0.833 bits per heavy atom. The third-order valence-electron chi connectivity index (χ3n) is 4.62. The molecule has 0 bridgehead atoms. The summed E-state index contributed by atoms with van der Waals surface area (Å²) in [6.45, 7) is 0. The van der Waals surface area contributed by atoms with Crippen molar-refractivity contribution in [3.8, 4) is 5.75 Å². The fourth-order valence-corrected chi connectivity index (χ4v) is 3.22. The highest BCUT2D eigenvalue weighted by molar-refractivity contribution is 6.46. The molecule has 3 aromatic carbocycles. The largest absolute Gasteiger partial charge is 0.497 e. The SMILES string of the molecule is COc1cccc(N2C(=O)C(Nc3cccc(F)c3)=C(c3ccc(F)cc3)C2=O)c1. The summed E-state index contributed by atoms with van der Waals surface area (Å²) in [6.07, 6.45) is 0. The molecule has 3 aromatic rings. The second-order valence-electron chi connectivity index (χ2n) is 6.54. The number of halogens is 2. The molecule has 30 heavy (non-hydrogen) atoms. The third-order valence-corrected chi connectivity index (χ3v) is 4.62. The van der Waals surface area contributed by atoms with Crippen LogP contribution in [0.4, 0.5) is 20.2 Å². The number of ether oxygens (including phenoxy) is 1. The normalized spacial score (nSPS) is 13.8. The van der Waals surface area contributed by atoms with Crippen LogP contribution in [0.3, 0.4) is 0 Å². The van der Waals surface area contributed by atoms with E-state index < -0.39 is 23.4 Å². The molecule has 150 valence electrons. The first kappa shape index (κ1) is 19.3. The Balaban J connectivity index is 1.82. The van der Waals surface area contributed by atoms with E-state index in [1.165, 1.54) is 49.6 Å². The van der Waals surface area contributed by atoms with E-state index in [4.69, 9.17) is 4.74 Å². The highest BCUT2D eigenvalue weighted by Crippen LogP contribution is 2.35. The molecule has 5 nitrogen and oxygen atoms in total. The number of carbonyl (C=O) groups is 2. The van der Waals surface area contributed by atoms with E-state index in [2.05, 4.69) is 5.32 Å². The standard InChI is InChI=1S/C23H16F2N2O3/c1-30-19-7-3-6-18(13-19)27-22(28)20(14-8-10-15(24)11-9-14)21(23(27)29)26-17-5-2-4-16(25)12-17/h2-13,26H,1H3. The quantitative estimate of drug-likeness (QED) is 0.640. The summed E-state index contributed by atoms with van der Waals surface area (Å²) < 4.78 is 32.2. The minimum absolute atomic E-state index is 0.0278. The first-order valence-corrected chi connectivity index (χ1v) is 9.03. The van der Waals surface area contributed by atoms with Gasteiger partial charge in [-0.05, 0) is 48.0 Å². The summed E-state index contributed by atoms with van der Waals surface area (Å²) in [7, 11) is 1.48. The molecule has 0 atom stereocenters. The Bertz CT molecular complexity index is 1170. The van der Waals surface area contributed by atoms with Crippen LogP contribution in [-0.4, -0.2) is 18.9 Å². The molecule has 0 aromatic heterocycles. The molecule has 0 saturated heterocycles. The van der Waals surface area contributed by atoms with Crippen LogP contribution in [-0.2, 0) is 9.59 Å². The number of hydrogen-bond donors (Lipinski definition) is 1. The maximum Gasteiger partial charge on any atom is 0.282 e. The molecular weight excluding hydrogens is 390 g/mol. The van der Waals surface area contributed by atoms with Gasteiger partial charge >= 0.3 is 0 Å². The lowest BCUT2D eigenvalue weighted by Crippen LogP contribution is -2.32. The van der Waals surface area contributed by atoms with E-state index in [0.29, 0.717) is 22.7 Å². The zero-order valence-electron chi connectivity index (χ0n) is 15.9. The van der Waals surface area contributed by atoms with Gasteiger partial charge in [-0.1, -0.05) is 24.3 Å². The molecular formula is C23H16F2N2O3. The molecule has 4 rings (SSSR count). The number of anilines is 2. The monoisotopic (exact) mass is 406 g/mol. The zero-order valence-corrected chi connectivity index (χ0v) is 15.9. The lowest BCUT2D eigenvalue weighted by Gasteiger charge is -2.16. The molecule has 2 amide bonds. The van der Waals surface area contributed by atoms with Gasteiger partial charge in [-0.15, -0.1) is 0 Å². The smallest absolute Gasteiger partial charge is 0.282 e. The van der Waals surface area contributed by atoms with Crippen molar-refractivity contribution in [1.82, 2.24) is 0 Å². The van der Waals surface area contributed by atoms with Crippen LogP contribution >= 0.6 is 0 Å². The van der Waals surface area contributed by atoms with Gasteiger partial charge in [0.05, 0.1) is 18.4 Å². The van der Waals surface area contributed by atoms with Gasteiger partial charge < -0.3 is 10.1 Å². The Hall–Kier alpha value is -4.00. The van der Waals surface area contributed by atoms with Gasteiger partial charge in [0.25, 0.3) is 11.8 Å². The molecule has 1 aliphatic rings. The van der Waals surface area contributed by atoms with Crippen LogP contribution < -0.4 is 15.0 Å². The maximum atomic E-state index is 13.6. The molecule has 0 unspecified atom stereocenters. The van der Waals surface area contributed by atoms with Gasteiger partial charge in [-0.2, -0.15) is 0 Å². The molecule has 0 spiro atoms. The fraction of sp³-hybridized carbons (Fsp3) is 0.0435. The molecule has 7 heteroatoms. The van der Waals surface area contributed by atoms with Crippen molar-refractivity contribution in [3.63, 3.8) is 0 Å². The van der Waals surface area contributed by atoms with Crippen molar-refractivity contribution >= 4 is 28.8 Å². The van der Waals surface area contributed by atoms with Gasteiger partial charge in [-0.25, -0.2) is 13.7 Å². The van der Waals surface area contributed by atoms with E-state index in [1.807, 2.05) is 0 Å². The second-order valence-corrected chi connectivity index (χ2v) is 6.54. The van der Waals surface area contributed by atoms with Gasteiger partial charge in [0.1, 0.15) is 23.1 Å². The number of rotatable bonds is 5. The molecule has 1 N–H and O–H groups in total. The summed E-state index contributed by atoms with van der Waals surface area (Å²) in [6, 6.07) is 17.3. The van der Waals surface area contributed by atoms with Crippen LogP contribution in [0.5, 0.6) is 5.75 Å². The van der Waals surface area contributed by atoms with E-state index in [1.54, 1.807) is 30.3 Å². The number of nitrogens with zero attached hydrogens (tertiary/aromatic N) is 1. The average Bonchev–Trinajstić information content (AvgIpc) is 2.98. The maximum absolute atomic E-state index is 13.6. The zero-order chi connectivity index (χ0) is 21.3. The number of imide groups is 1. The van der Waals surface area contributed by atoms with Crippen molar-refractivity contribution in [2.24, 2.45) is 0 Å². The Morgan fingerprint density at radius 2 is 1.57 bits per heavy atom. The Labute approximate surface area is 171 Å². The summed E-state index contributed by atoms with van der Waals surface area (Å²) in [5.74, 6) is -1.69. The number of benzene rings is 3. The number of amides is 2. The van der Waals surface area contributed by atoms with E-state index >= 15 is 0 Å². The minimum atomic E-state index is -0.614. The summed E-state index contributed by atoms with van der Waals surface area (Å²) in [5, 5.41) is 2.86. The summed E-state index contributed by atoms with van der Waals surface area (Å²) in [5.41, 5.74) is 1.02. The third kappa shape index (κ3) is 3.53. The highest BCUT2D eigenvalue weighted by Gasteiger charge is 2.40. The predicted molar refractivity (Wildman–Crippen MR) is 109 cm³/mol. The first-order valence-electron chi connectivity index (χ1n) is 9.03. The Morgan fingerprint density at radius 3 is 2.27 bits per heavy atom. The van der Waals surface area contributed by atoms with Crippen molar-refractivity contribution in [2.45, 2.75) is 0 Å². The van der Waals surface area contributed by atoms with Crippen LogP contribution in [0, 0.1) is 11.6 Å². The van der Waals surface area contributed by atoms with E-state index in [9.17, 15) is 18.4 Å². The average molecular weight is 406 g/mol. The Kier molecular flexibility index (Phi) is 5.02. The number of hydrogen-bond acceptors (Lipinski definition) is 4. The van der Waals surface area contributed by atoms with Crippen LogP contribution in [0.2, 0.25) is 0 Å². The van der Waals surface area contributed by atoms with Crippen molar-refractivity contribution in [3.05, 3.63) is 95.7 Å². The predicted octanol–water partition coefficient (Wildman–Crippen LogP) is 4.37. The van der Waals surface area contributed by atoms with Gasteiger partial charge in [-0.3, -0.25) is 9.59 Å². The van der Waals surface area contributed by atoms with Gasteiger partial charge in [0, 0.05) is 11.8 Å². The van der Waals surface area contributed by atoms with E-state index in [0.717, 1.165) is 4.90 Å². The lowest BCUT2D eigenvalue weighted by molar-refractivity contribution is -0.120. The molecule has 0 saturated carbocycles. The van der Waals surface area contributed by atoms with Crippen molar-refractivity contribution in [2.75, 3.05) is 17.3 Å². The lowest BCUT2D eigenvalue weighted by atomic mass is 10.0. The number of nitrogens with one attached hydrogen (secondary N) is 1. The summed E-state index contributed by atoms with van der Waals surface area (Å²) in [4.78, 5) is 27.5. The van der Waals surface area contributed by atoms with Gasteiger partial charge in [0.15, 0.2) is 0 Å². The highest BCUT2D eigenvalue weighted by atomic mass is 19.1. The molecule has 0 aliphatic carbocycles. The molecule has 0 radical (unpaired) electrons. The summed E-state index contributed by atoms with van der Waals surface area (Å²) >= 11 is 0. The molecule has 1 heterocycles. The minimum Gasteiger partial charge on any atom is -0.497 e. The van der Waals surface area contributed by atoms with Crippen molar-refractivity contribution in [1.29, 1.82) is 0 Å². The van der Waals surface area contributed by atoms with Crippen LogP contribution in [0.1, 0.15) is 5.56 Å². The van der Waals surface area contributed by atoms with Crippen LogP contribution in [0.15, 0.2) is 78.5 Å².